The van der Waals surface area contributed by atoms with Crippen LogP contribution in [0.2, 0.25) is 0 Å². The molecule has 0 spiro atoms. The predicted molar refractivity (Wildman–Crippen MR) is 68.4 cm³/mol. The standard InChI is InChI=1S/C16H14/c1-12-6-2-4-8-14(12)16-11-10-13-7-3-5-9-15(13)16/h2-9,11H,10H2,1H3. The van der Waals surface area contributed by atoms with Gasteiger partial charge in [0.15, 0.2) is 0 Å². The zero-order chi connectivity index (χ0) is 11.0. The summed E-state index contributed by atoms with van der Waals surface area (Å²) >= 11 is 0. The average Bonchev–Trinajstić information content (AvgIpc) is 2.74. The molecule has 0 saturated heterocycles. The molecular weight excluding hydrogens is 192 g/mol. The minimum absolute atomic E-state index is 1.07. The summed E-state index contributed by atoms with van der Waals surface area (Å²) in [6, 6.07) is 17.3. The first-order valence-corrected chi connectivity index (χ1v) is 5.71. The number of benzene rings is 2. The van der Waals surface area contributed by atoms with Gasteiger partial charge in [0, 0.05) is 0 Å². The fourth-order valence-electron chi connectivity index (χ4n) is 2.41. The van der Waals surface area contributed by atoms with Crippen molar-refractivity contribution in [1.29, 1.82) is 0 Å². The maximum absolute atomic E-state index is 2.34. The Bertz CT molecular complexity index is 562. The lowest BCUT2D eigenvalue weighted by Crippen LogP contribution is -1.89. The van der Waals surface area contributed by atoms with E-state index in [-0.39, 0.29) is 0 Å². The highest BCUT2D eigenvalue weighted by atomic mass is 14.2. The molecule has 0 aromatic heterocycles. The van der Waals surface area contributed by atoms with Crippen LogP contribution in [0.15, 0.2) is 54.6 Å². The number of allylic oxidation sites excluding steroid dienone is 1. The SMILES string of the molecule is Cc1ccccc1C1=CCc2ccccc21. The van der Waals surface area contributed by atoms with Crippen molar-refractivity contribution in [2.24, 2.45) is 0 Å². The van der Waals surface area contributed by atoms with Crippen LogP contribution in [0.3, 0.4) is 0 Å². The average molecular weight is 206 g/mol. The molecule has 0 heteroatoms. The van der Waals surface area contributed by atoms with Gasteiger partial charge in [0.1, 0.15) is 0 Å². The lowest BCUT2D eigenvalue weighted by molar-refractivity contribution is 1.31. The Balaban J connectivity index is 2.15. The van der Waals surface area contributed by atoms with Crippen molar-refractivity contribution in [1.82, 2.24) is 0 Å². The van der Waals surface area contributed by atoms with Gasteiger partial charge in [0.05, 0.1) is 0 Å². The van der Waals surface area contributed by atoms with Crippen molar-refractivity contribution < 1.29 is 0 Å². The van der Waals surface area contributed by atoms with E-state index in [2.05, 4.69) is 61.5 Å². The Morgan fingerprint density at radius 1 is 0.812 bits per heavy atom. The van der Waals surface area contributed by atoms with E-state index in [1.165, 1.54) is 27.8 Å². The Kier molecular flexibility index (Phi) is 2.14. The summed E-state index contributed by atoms with van der Waals surface area (Å²) in [5.74, 6) is 0. The Hall–Kier alpha value is -1.82. The van der Waals surface area contributed by atoms with Crippen LogP contribution >= 0.6 is 0 Å². The maximum Gasteiger partial charge on any atom is -0.00819 e. The van der Waals surface area contributed by atoms with Crippen LogP contribution in [0.25, 0.3) is 5.57 Å². The summed E-state index contributed by atoms with van der Waals surface area (Å²) in [5.41, 5.74) is 6.96. The van der Waals surface area contributed by atoms with Gasteiger partial charge in [0.25, 0.3) is 0 Å². The second kappa shape index (κ2) is 3.64. The predicted octanol–water partition coefficient (Wildman–Crippen LogP) is 3.98. The Morgan fingerprint density at radius 3 is 2.31 bits per heavy atom. The molecule has 0 heterocycles. The molecule has 0 amide bonds. The molecule has 78 valence electrons. The smallest absolute Gasteiger partial charge is 0.00819 e. The fraction of sp³-hybridized carbons (Fsp3) is 0.125. The Morgan fingerprint density at radius 2 is 1.50 bits per heavy atom. The monoisotopic (exact) mass is 206 g/mol. The molecule has 0 bridgehead atoms. The summed E-state index contributed by atoms with van der Waals surface area (Å²) in [7, 11) is 0. The lowest BCUT2D eigenvalue weighted by Gasteiger charge is -2.08. The van der Waals surface area contributed by atoms with Gasteiger partial charge in [-0.15, -0.1) is 0 Å². The van der Waals surface area contributed by atoms with Crippen LogP contribution in [0.1, 0.15) is 22.3 Å². The molecule has 16 heavy (non-hydrogen) atoms. The van der Waals surface area contributed by atoms with E-state index < -0.39 is 0 Å². The summed E-state index contributed by atoms with van der Waals surface area (Å²) in [5, 5.41) is 0. The van der Waals surface area contributed by atoms with Crippen molar-refractivity contribution in [3.8, 4) is 0 Å². The number of aryl methyl sites for hydroxylation is 1. The lowest BCUT2D eigenvalue weighted by atomic mass is 9.96. The quantitative estimate of drug-likeness (QED) is 0.662. The molecule has 2 aromatic carbocycles. The minimum Gasteiger partial charge on any atom is -0.0716 e. The van der Waals surface area contributed by atoms with E-state index in [1.807, 2.05) is 0 Å². The van der Waals surface area contributed by atoms with Gasteiger partial charge in [-0.1, -0.05) is 54.6 Å². The second-order valence-corrected chi connectivity index (χ2v) is 4.29. The molecular formula is C16H14. The molecule has 3 rings (SSSR count). The highest BCUT2D eigenvalue weighted by molar-refractivity contribution is 5.85. The van der Waals surface area contributed by atoms with E-state index in [0.29, 0.717) is 0 Å². The van der Waals surface area contributed by atoms with Gasteiger partial charge in [-0.2, -0.15) is 0 Å². The zero-order valence-corrected chi connectivity index (χ0v) is 9.40. The van der Waals surface area contributed by atoms with Crippen LogP contribution in [0.5, 0.6) is 0 Å². The number of rotatable bonds is 1. The van der Waals surface area contributed by atoms with Crippen molar-refractivity contribution >= 4 is 5.57 Å². The molecule has 0 unspecified atom stereocenters. The van der Waals surface area contributed by atoms with Gasteiger partial charge in [0.2, 0.25) is 0 Å². The van der Waals surface area contributed by atoms with Gasteiger partial charge in [-0.25, -0.2) is 0 Å². The molecule has 0 fully saturated rings. The van der Waals surface area contributed by atoms with E-state index in [0.717, 1.165) is 6.42 Å². The normalized spacial score (nSPS) is 13.4. The molecule has 2 aromatic rings. The zero-order valence-electron chi connectivity index (χ0n) is 9.40. The number of hydrogen-bond acceptors (Lipinski definition) is 0. The summed E-state index contributed by atoms with van der Waals surface area (Å²) in [6.07, 6.45) is 3.41. The topological polar surface area (TPSA) is 0 Å². The van der Waals surface area contributed by atoms with Gasteiger partial charge in [-0.3, -0.25) is 0 Å². The molecule has 0 radical (unpaired) electrons. The first-order chi connectivity index (χ1) is 7.86. The van der Waals surface area contributed by atoms with Gasteiger partial charge in [-0.05, 0) is 41.2 Å². The van der Waals surface area contributed by atoms with E-state index in [1.54, 1.807) is 0 Å². The van der Waals surface area contributed by atoms with Crippen LogP contribution < -0.4 is 0 Å². The molecule has 0 N–H and O–H groups in total. The highest BCUT2D eigenvalue weighted by Crippen LogP contribution is 2.33. The van der Waals surface area contributed by atoms with Gasteiger partial charge >= 0.3 is 0 Å². The summed E-state index contributed by atoms with van der Waals surface area (Å²) in [4.78, 5) is 0. The Labute approximate surface area is 96.3 Å². The number of fused-ring (bicyclic) bond motifs is 1. The van der Waals surface area contributed by atoms with Gasteiger partial charge < -0.3 is 0 Å². The fourth-order valence-corrected chi connectivity index (χ4v) is 2.41. The van der Waals surface area contributed by atoms with Crippen LogP contribution in [0.4, 0.5) is 0 Å². The van der Waals surface area contributed by atoms with Crippen molar-refractivity contribution in [2.75, 3.05) is 0 Å². The third kappa shape index (κ3) is 1.38. The number of hydrogen-bond donors (Lipinski definition) is 0. The first-order valence-electron chi connectivity index (χ1n) is 5.71. The van der Waals surface area contributed by atoms with Crippen molar-refractivity contribution in [2.45, 2.75) is 13.3 Å². The molecule has 0 aliphatic heterocycles. The molecule has 0 atom stereocenters. The third-order valence-electron chi connectivity index (χ3n) is 3.27. The third-order valence-corrected chi connectivity index (χ3v) is 3.27. The van der Waals surface area contributed by atoms with Crippen LogP contribution in [-0.2, 0) is 6.42 Å². The molecule has 0 saturated carbocycles. The first kappa shape index (κ1) is 9.41. The highest BCUT2D eigenvalue weighted by Gasteiger charge is 2.15. The second-order valence-electron chi connectivity index (χ2n) is 4.29. The van der Waals surface area contributed by atoms with E-state index in [4.69, 9.17) is 0 Å². The summed E-state index contributed by atoms with van der Waals surface area (Å²) < 4.78 is 0. The largest absolute Gasteiger partial charge is 0.0716 e. The molecule has 0 nitrogen and oxygen atoms in total. The summed E-state index contributed by atoms with van der Waals surface area (Å²) in [6.45, 7) is 2.18. The van der Waals surface area contributed by atoms with E-state index in [9.17, 15) is 0 Å². The molecule has 1 aliphatic carbocycles. The van der Waals surface area contributed by atoms with E-state index >= 15 is 0 Å². The molecule has 1 aliphatic rings. The van der Waals surface area contributed by atoms with Crippen molar-refractivity contribution in [3.63, 3.8) is 0 Å². The van der Waals surface area contributed by atoms with Crippen molar-refractivity contribution in [3.05, 3.63) is 76.9 Å². The maximum atomic E-state index is 2.34. The van der Waals surface area contributed by atoms with Crippen LogP contribution in [0, 0.1) is 6.92 Å². The van der Waals surface area contributed by atoms with Crippen LogP contribution in [-0.4, -0.2) is 0 Å². The minimum atomic E-state index is 1.07.